The van der Waals surface area contributed by atoms with Crippen LogP contribution >= 0.6 is 0 Å². The highest BCUT2D eigenvalue weighted by atomic mass is 16.6. The van der Waals surface area contributed by atoms with Crippen LogP contribution in [0.15, 0.2) is 42.5 Å². The molecule has 0 spiro atoms. The van der Waals surface area contributed by atoms with E-state index in [1.54, 1.807) is 18.2 Å². The van der Waals surface area contributed by atoms with Crippen molar-refractivity contribution in [3.63, 3.8) is 0 Å². The first kappa shape index (κ1) is 16.5. The number of para-hydroxylation sites is 1. The fraction of sp³-hybridized carbons (Fsp3) is 0.316. The van der Waals surface area contributed by atoms with Crippen LogP contribution in [0.1, 0.15) is 40.1 Å². The third-order valence-corrected chi connectivity index (χ3v) is 5.14. The molecule has 1 fully saturated rings. The number of ether oxygens (including phenoxy) is 2. The van der Waals surface area contributed by atoms with E-state index in [1.165, 1.54) is 19.2 Å². The lowest BCUT2D eigenvalue weighted by atomic mass is 9.80. The van der Waals surface area contributed by atoms with E-state index >= 15 is 0 Å². The third kappa shape index (κ3) is 2.61. The van der Waals surface area contributed by atoms with Gasteiger partial charge in [0.25, 0.3) is 5.69 Å². The molecule has 2 aliphatic rings. The maximum Gasteiger partial charge on any atom is 0.339 e. The van der Waals surface area contributed by atoms with Crippen LogP contribution in [-0.2, 0) is 9.47 Å². The summed E-state index contributed by atoms with van der Waals surface area (Å²) in [6.07, 6.45) is 0.761. The van der Waals surface area contributed by atoms with Gasteiger partial charge in [0.1, 0.15) is 0 Å². The Bertz CT molecular complexity index is 865. The first-order valence-electron chi connectivity index (χ1n) is 8.44. The van der Waals surface area contributed by atoms with Gasteiger partial charge in [-0.1, -0.05) is 24.3 Å². The Morgan fingerprint density at radius 2 is 2.04 bits per heavy atom. The number of anilines is 1. The van der Waals surface area contributed by atoms with E-state index in [0.717, 1.165) is 17.5 Å². The number of benzene rings is 2. The fourth-order valence-electron chi connectivity index (χ4n) is 3.91. The van der Waals surface area contributed by atoms with Gasteiger partial charge in [0.15, 0.2) is 0 Å². The van der Waals surface area contributed by atoms with E-state index in [1.807, 2.05) is 12.1 Å². The Labute approximate surface area is 150 Å². The molecule has 2 aromatic carbocycles. The van der Waals surface area contributed by atoms with Gasteiger partial charge < -0.3 is 14.8 Å². The normalized spacial score (nSPS) is 23.5. The Hall–Kier alpha value is -2.93. The summed E-state index contributed by atoms with van der Waals surface area (Å²) in [5.74, 6) is -0.218. The van der Waals surface area contributed by atoms with Crippen molar-refractivity contribution < 1.29 is 19.2 Å². The van der Waals surface area contributed by atoms with Crippen molar-refractivity contribution in [2.24, 2.45) is 5.92 Å². The summed E-state index contributed by atoms with van der Waals surface area (Å²) >= 11 is 0. The lowest BCUT2D eigenvalue weighted by Crippen LogP contribution is -2.30. The Morgan fingerprint density at radius 1 is 1.27 bits per heavy atom. The highest BCUT2D eigenvalue weighted by Gasteiger charge is 2.42. The molecular weight excluding hydrogens is 336 g/mol. The Balaban J connectivity index is 1.77. The second kappa shape index (κ2) is 6.42. The summed E-state index contributed by atoms with van der Waals surface area (Å²) in [5, 5.41) is 14.4. The summed E-state index contributed by atoms with van der Waals surface area (Å²) in [5.41, 5.74) is 3.12. The number of hydrogen-bond donors (Lipinski definition) is 1. The number of esters is 1. The number of non-ortho nitro benzene ring substituents is 1. The third-order valence-electron chi connectivity index (χ3n) is 5.14. The van der Waals surface area contributed by atoms with Crippen LogP contribution in [0.3, 0.4) is 0 Å². The number of carbonyl (C=O) groups is 1. The Morgan fingerprint density at radius 3 is 2.73 bits per heavy atom. The molecule has 0 bridgehead atoms. The summed E-state index contributed by atoms with van der Waals surface area (Å²) in [6, 6.07) is 11.9. The van der Waals surface area contributed by atoms with E-state index in [2.05, 4.69) is 5.32 Å². The van der Waals surface area contributed by atoms with E-state index in [9.17, 15) is 14.9 Å². The molecule has 1 saturated heterocycles. The van der Waals surface area contributed by atoms with Crippen molar-refractivity contribution >= 4 is 17.3 Å². The van der Waals surface area contributed by atoms with Crippen LogP contribution in [0.2, 0.25) is 0 Å². The Kier molecular flexibility index (Phi) is 4.08. The van der Waals surface area contributed by atoms with E-state index < -0.39 is 10.9 Å². The van der Waals surface area contributed by atoms with Gasteiger partial charge in [-0.2, -0.15) is 0 Å². The number of methoxy groups -OCH3 is 1. The van der Waals surface area contributed by atoms with Crippen molar-refractivity contribution in [3.05, 3.63) is 69.3 Å². The van der Waals surface area contributed by atoms with Gasteiger partial charge in [0.05, 0.1) is 35.4 Å². The molecule has 4 rings (SSSR count). The van der Waals surface area contributed by atoms with Gasteiger partial charge in [-0.15, -0.1) is 0 Å². The maximum atomic E-state index is 12.2. The van der Waals surface area contributed by atoms with Crippen LogP contribution in [0, 0.1) is 16.0 Å². The lowest BCUT2D eigenvalue weighted by molar-refractivity contribution is -0.384. The molecule has 26 heavy (non-hydrogen) atoms. The first-order chi connectivity index (χ1) is 12.6. The zero-order chi connectivity index (χ0) is 18.3. The smallest absolute Gasteiger partial charge is 0.339 e. The topological polar surface area (TPSA) is 90.7 Å². The van der Waals surface area contributed by atoms with Crippen LogP contribution < -0.4 is 5.32 Å². The van der Waals surface area contributed by atoms with Crippen LogP contribution in [0.4, 0.5) is 11.4 Å². The molecule has 0 unspecified atom stereocenters. The minimum Gasteiger partial charge on any atom is -0.465 e. The maximum absolute atomic E-state index is 12.2. The second-order valence-electron chi connectivity index (χ2n) is 6.48. The molecular formula is C19H18N2O5. The first-order valence-corrected chi connectivity index (χ1v) is 8.44. The SMILES string of the molecule is COC(=O)c1cccc2c1N[C@@H](c1ccc([N+](=O)[O-])cc1)[C@H]1CCO[C@@H]21. The minimum atomic E-state index is -0.412. The molecule has 1 N–H and O–H groups in total. The average Bonchev–Trinajstić information content (AvgIpc) is 3.16. The van der Waals surface area contributed by atoms with Crippen molar-refractivity contribution in [3.8, 4) is 0 Å². The molecule has 0 amide bonds. The summed E-state index contributed by atoms with van der Waals surface area (Å²) in [4.78, 5) is 22.7. The number of fused-ring (bicyclic) bond motifs is 3. The highest BCUT2D eigenvalue weighted by Crippen LogP contribution is 2.50. The van der Waals surface area contributed by atoms with Crippen LogP contribution in [0.25, 0.3) is 0 Å². The molecule has 2 aliphatic heterocycles. The number of nitro benzene ring substituents is 1. The summed E-state index contributed by atoms with van der Waals surface area (Å²) in [7, 11) is 1.35. The van der Waals surface area contributed by atoms with Gasteiger partial charge >= 0.3 is 5.97 Å². The molecule has 7 nitrogen and oxygen atoms in total. The largest absolute Gasteiger partial charge is 0.465 e. The molecule has 2 heterocycles. The van der Waals surface area contributed by atoms with Crippen LogP contribution in [0.5, 0.6) is 0 Å². The predicted octanol–water partition coefficient (Wildman–Crippen LogP) is 3.63. The van der Waals surface area contributed by atoms with Gasteiger partial charge in [-0.05, 0) is 18.1 Å². The lowest BCUT2D eigenvalue weighted by Gasteiger charge is -2.37. The number of carbonyl (C=O) groups excluding carboxylic acids is 1. The number of hydrogen-bond acceptors (Lipinski definition) is 6. The molecule has 134 valence electrons. The number of nitrogens with zero attached hydrogens (tertiary/aromatic N) is 1. The van der Waals surface area contributed by atoms with Gasteiger partial charge in [-0.25, -0.2) is 4.79 Å². The summed E-state index contributed by atoms with van der Waals surface area (Å²) in [6.45, 7) is 0.641. The van der Waals surface area contributed by atoms with Crippen LogP contribution in [-0.4, -0.2) is 24.6 Å². The zero-order valence-electron chi connectivity index (χ0n) is 14.2. The minimum absolute atomic E-state index is 0.0550. The van der Waals surface area contributed by atoms with E-state index in [0.29, 0.717) is 17.9 Å². The number of nitrogens with one attached hydrogen (secondary N) is 1. The van der Waals surface area contributed by atoms with Crippen molar-refractivity contribution in [2.75, 3.05) is 19.0 Å². The quantitative estimate of drug-likeness (QED) is 0.514. The van der Waals surface area contributed by atoms with E-state index in [-0.39, 0.29) is 23.8 Å². The monoisotopic (exact) mass is 354 g/mol. The standard InChI is InChI=1S/C19H18N2O5/c1-25-19(22)15-4-2-3-13-17(15)20-16(14-9-10-26-18(13)14)11-5-7-12(8-6-11)21(23)24/h2-8,14,16,18,20H,9-10H2,1H3/t14-,16+,18+/m1/s1. The van der Waals surface area contributed by atoms with Gasteiger partial charge in [0, 0.05) is 30.2 Å². The second-order valence-corrected chi connectivity index (χ2v) is 6.48. The predicted molar refractivity (Wildman–Crippen MR) is 94.0 cm³/mol. The molecule has 0 aromatic heterocycles. The molecule has 0 radical (unpaired) electrons. The van der Waals surface area contributed by atoms with Gasteiger partial charge in [0.2, 0.25) is 0 Å². The molecule has 0 saturated carbocycles. The molecule has 7 heteroatoms. The van der Waals surface area contributed by atoms with Gasteiger partial charge in [-0.3, -0.25) is 10.1 Å². The number of nitro groups is 1. The summed E-state index contributed by atoms with van der Waals surface area (Å²) < 4.78 is 10.9. The van der Waals surface area contributed by atoms with Crippen molar-refractivity contribution in [1.29, 1.82) is 0 Å². The van der Waals surface area contributed by atoms with Crippen molar-refractivity contribution in [2.45, 2.75) is 18.6 Å². The molecule has 2 aromatic rings. The molecule has 0 aliphatic carbocycles. The fourth-order valence-corrected chi connectivity index (χ4v) is 3.91. The molecule has 3 atom stereocenters. The zero-order valence-corrected chi connectivity index (χ0v) is 14.2. The highest BCUT2D eigenvalue weighted by molar-refractivity contribution is 5.96. The number of rotatable bonds is 3. The average molecular weight is 354 g/mol. The van der Waals surface area contributed by atoms with E-state index in [4.69, 9.17) is 9.47 Å². The van der Waals surface area contributed by atoms with Crippen molar-refractivity contribution in [1.82, 2.24) is 0 Å².